The maximum Gasteiger partial charge on any atom is 0.244 e. The summed E-state index contributed by atoms with van der Waals surface area (Å²) in [4.78, 5) is 36.0. The van der Waals surface area contributed by atoms with Crippen LogP contribution >= 0.6 is 0 Å². The van der Waals surface area contributed by atoms with Crippen molar-refractivity contribution in [3.8, 4) is 5.75 Å². The lowest BCUT2D eigenvalue weighted by Gasteiger charge is -2.16. The summed E-state index contributed by atoms with van der Waals surface area (Å²) in [6.07, 6.45) is 11.9. The first kappa shape index (κ1) is 23.4. The molecule has 7 heteroatoms. The van der Waals surface area contributed by atoms with Gasteiger partial charge >= 0.3 is 0 Å². The van der Waals surface area contributed by atoms with E-state index in [9.17, 15) is 19.5 Å². The molecule has 1 atom stereocenters. The van der Waals surface area contributed by atoms with Crippen molar-refractivity contribution in [1.82, 2.24) is 10.6 Å². The predicted octanol–water partition coefficient (Wildman–Crippen LogP) is 2.33. The number of nitrogens with two attached hydrogens (primary N) is 1. The van der Waals surface area contributed by atoms with E-state index in [0.717, 1.165) is 12.0 Å². The number of hydrogen-bond donors (Lipinski definition) is 4. The van der Waals surface area contributed by atoms with E-state index in [-0.39, 0.29) is 12.2 Å². The molecular formula is C23H33N3O4. The standard InChI is InChI=1S/C23H33N3O4/c24-21(28)16-20(23(30)25-15-14-18-10-12-19(27)13-11-18)26-22(29)9-5-8-17-6-3-1-2-4-7-17/h5,9-13,17,20,27H,1-4,6-8,14-16H2,(H2,24,28)(H,25,30)(H,26,29)/t20-/m1/s1. The summed E-state index contributed by atoms with van der Waals surface area (Å²) < 4.78 is 0. The Morgan fingerprint density at radius 3 is 2.40 bits per heavy atom. The minimum Gasteiger partial charge on any atom is -0.508 e. The van der Waals surface area contributed by atoms with Gasteiger partial charge in [0.15, 0.2) is 0 Å². The van der Waals surface area contributed by atoms with Crippen LogP contribution in [0.3, 0.4) is 0 Å². The minimum absolute atomic E-state index is 0.180. The van der Waals surface area contributed by atoms with Gasteiger partial charge in [0.25, 0.3) is 0 Å². The third-order valence-corrected chi connectivity index (χ3v) is 5.40. The van der Waals surface area contributed by atoms with Crippen LogP contribution in [-0.4, -0.2) is 35.4 Å². The van der Waals surface area contributed by atoms with Gasteiger partial charge in [0.2, 0.25) is 17.7 Å². The topological polar surface area (TPSA) is 122 Å². The lowest BCUT2D eigenvalue weighted by molar-refractivity contribution is -0.129. The molecular weight excluding hydrogens is 382 g/mol. The fourth-order valence-corrected chi connectivity index (χ4v) is 3.71. The van der Waals surface area contributed by atoms with Gasteiger partial charge in [-0.15, -0.1) is 0 Å². The summed E-state index contributed by atoms with van der Waals surface area (Å²) in [5, 5.41) is 14.6. The molecule has 0 unspecified atom stereocenters. The molecule has 2 rings (SSSR count). The molecule has 1 aliphatic carbocycles. The van der Waals surface area contributed by atoms with Gasteiger partial charge < -0.3 is 21.5 Å². The van der Waals surface area contributed by atoms with E-state index in [1.807, 2.05) is 6.08 Å². The second kappa shape index (κ2) is 12.7. The number of allylic oxidation sites excluding steroid dienone is 1. The number of primary amides is 1. The SMILES string of the molecule is NC(=O)C[C@@H](NC(=O)C=CCC1CCCCCC1)C(=O)NCCc1ccc(O)cc1. The van der Waals surface area contributed by atoms with Crippen molar-refractivity contribution in [2.24, 2.45) is 11.7 Å². The van der Waals surface area contributed by atoms with Crippen LogP contribution in [0.5, 0.6) is 5.75 Å². The molecule has 1 aromatic rings. The molecule has 0 radical (unpaired) electrons. The highest BCUT2D eigenvalue weighted by atomic mass is 16.3. The smallest absolute Gasteiger partial charge is 0.244 e. The van der Waals surface area contributed by atoms with E-state index in [1.54, 1.807) is 24.3 Å². The molecule has 0 spiro atoms. The third kappa shape index (κ3) is 9.11. The van der Waals surface area contributed by atoms with E-state index < -0.39 is 23.8 Å². The van der Waals surface area contributed by atoms with E-state index >= 15 is 0 Å². The monoisotopic (exact) mass is 415 g/mol. The van der Waals surface area contributed by atoms with Crippen LogP contribution in [0.2, 0.25) is 0 Å². The number of phenolic OH excluding ortho intramolecular Hbond substituents is 1. The largest absolute Gasteiger partial charge is 0.508 e. The Hall–Kier alpha value is -2.83. The Labute approximate surface area is 178 Å². The molecule has 0 saturated heterocycles. The number of phenols is 1. The number of hydrogen-bond acceptors (Lipinski definition) is 4. The molecule has 164 valence electrons. The number of nitrogens with one attached hydrogen (secondary N) is 2. The summed E-state index contributed by atoms with van der Waals surface area (Å²) in [6, 6.07) is 5.69. The number of amides is 3. The van der Waals surface area contributed by atoms with Gasteiger partial charge in [0.05, 0.1) is 6.42 Å². The highest BCUT2D eigenvalue weighted by molar-refractivity contribution is 5.95. The van der Waals surface area contributed by atoms with Gasteiger partial charge in [0.1, 0.15) is 11.8 Å². The molecule has 1 aliphatic rings. The van der Waals surface area contributed by atoms with Crippen molar-refractivity contribution in [1.29, 1.82) is 0 Å². The van der Waals surface area contributed by atoms with Gasteiger partial charge in [-0.2, -0.15) is 0 Å². The average Bonchev–Trinajstić information content (AvgIpc) is 2.97. The molecule has 0 bridgehead atoms. The van der Waals surface area contributed by atoms with Crippen molar-refractivity contribution in [3.05, 3.63) is 42.0 Å². The van der Waals surface area contributed by atoms with Crippen molar-refractivity contribution < 1.29 is 19.5 Å². The summed E-state index contributed by atoms with van der Waals surface area (Å²) in [6.45, 7) is 0.340. The zero-order valence-electron chi connectivity index (χ0n) is 17.4. The van der Waals surface area contributed by atoms with Crippen LogP contribution in [0.4, 0.5) is 0 Å². The Bertz CT molecular complexity index is 722. The van der Waals surface area contributed by atoms with Crippen LogP contribution < -0.4 is 16.4 Å². The molecule has 3 amide bonds. The number of rotatable bonds is 10. The second-order valence-corrected chi connectivity index (χ2v) is 7.93. The van der Waals surface area contributed by atoms with Gasteiger partial charge in [-0.3, -0.25) is 14.4 Å². The summed E-state index contributed by atoms with van der Waals surface area (Å²) >= 11 is 0. The Morgan fingerprint density at radius 2 is 1.77 bits per heavy atom. The molecule has 1 saturated carbocycles. The molecule has 0 aliphatic heterocycles. The predicted molar refractivity (Wildman–Crippen MR) is 116 cm³/mol. The van der Waals surface area contributed by atoms with Gasteiger partial charge in [-0.05, 0) is 42.5 Å². The van der Waals surface area contributed by atoms with Gasteiger partial charge in [-0.1, -0.05) is 56.7 Å². The Balaban J connectivity index is 1.80. The first-order chi connectivity index (χ1) is 14.4. The van der Waals surface area contributed by atoms with Crippen molar-refractivity contribution >= 4 is 17.7 Å². The molecule has 7 nitrogen and oxygen atoms in total. The second-order valence-electron chi connectivity index (χ2n) is 7.93. The van der Waals surface area contributed by atoms with Crippen LogP contribution in [0, 0.1) is 5.92 Å². The lowest BCUT2D eigenvalue weighted by atomic mass is 9.96. The zero-order valence-corrected chi connectivity index (χ0v) is 17.4. The highest BCUT2D eigenvalue weighted by Crippen LogP contribution is 2.25. The number of aromatic hydroxyl groups is 1. The molecule has 30 heavy (non-hydrogen) atoms. The van der Waals surface area contributed by atoms with Crippen molar-refractivity contribution in [2.75, 3.05) is 6.54 Å². The summed E-state index contributed by atoms with van der Waals surface area (Å²) in [7, 11) is 0. The molecule has 5 N–H and O–H groups in total. The van der Waals surface area contributed by atoms with Gasteiger partial charge in [-0.25, -0.2) is 0 Å². The van der Waals surface area contributed by atoms with E-state index in [4.69, 9.17) is 5.73 Å². The molecule has 0 heterocycles. The maximum atomic E-state index is 12.4. The lowest BCUT2D eigenvalue weighted by Crippen LogP contribution is -2.48. The van der Waals surface area contributed by atoms with E-state index in [1.165, 1.54) is 44.6 Å². The number of carbonyl (C=O) groups excluding carboxylic acids is 3. The van der Waals surface area contributed by atoms with Crippen LogP contribution in [0.1, 0.15) is 56.9 Å². The zero-order chi connectivity index (χ0) is 21.8. The minimum atomic E-state index is -1.00. The average molecular weight is 416 g/mol. The van der Waals surface area contributed by atoms with Crippen LogP contribution in [-0.2, 0) is 20.8 Å². The molecule has 1 fully saturated rings. The normalized spacial score (nSPS) is 16.0. The number of carbonyl (C=O) groups is 3. The number of benzene rings is 1. The van der Waals surface area contributed by atoms with E-state index in [2.05, 4.69) is 10.6 Å². The van der Waals surface area contributed by atoms with E-state index in [0.29, 0.717) is 18.9 Å². The molecule has 0 aromatic heterocycles. The van der Waals surface area contributed by atoms with Crippen molar-refractivity contribution in [2.45, 2.75) is 63.8 Å². The Morgan fingerprint density at radius 1 is 1.10 bits per heavy atom. The fraction of sp³-hybridized carbons (Fsp3) is 0.522. The Kier molecular flexibility index (Phi) is 9.91. The fourth-order valence-electron chi connectivity index (χ4n) is 3.71. The summed E-state index contributed by atoms with van der Waals surface area (Å²) in [5.74, 6) is -0.710. The van der Waals surface area contributed by atoms with Crippen LogP contribution in [0.25, 0.3) is 0 Å². The molecule has 1 aromatic carbocycles. The van der Waals surface area contributed by atoms with Crippen LogP contribution in [0.15, 0.2) is 36.4 Å². The quantitative estimate of drug-likeness (QED) is 0.346. The first-order valence-electron chi connectivity index (χ1n) is 10.7. The maximum absolute atomic E-state index is 12.4. The van der Waals surface area contributed by atoms with Crippen molar-refractivity contribution in [3.63, 3.8) is 0 Å². The first-order valence-corrected chi connectivity index (χ1v) is 10.7. The summed E-state index contributed by atoms with van der Waals surface area (Å²) in [5.41, 5.74) is 6.19. The highest BCUT2D eigenvalue weighted by Gasteiger charge is 2.22. The third-order valence-electron chi connectivity index (χ3n) is 5.40. The van der Waals surface area contributed by atoms with Gasteiger partial charge in [0, 0.05) is 6.54 Å².